The summed E-state index contributed by atoms with van der Waals surface area (Å²) >= 11 is 0. The van der Waals surface area contributed by atoms with Gasteiger partial charge in [-0.1, -0.05) is 18.2 Å². The van der Waals surface area contributed by atoms with Crippen LogP contribution in [0.4, 0.5) is 8.78 Å². The van der Waals surface area contributed by atoms with E-state index >= 15 is 0 Å². The van der Waals surface area contributed by atoms with E-state index in [4.69, 9.17) is 0 Å². The van der Waals surface area contributed by atoms with E-state index in [9.17, 15) is 13.9 Å². The maximum atomic E-state index is 14.4. The molecular formula is C15H11F2NO. The molecule has 4 heteroatoms. The van der Waals surface area contributed by atoms with Crippen LogP contribution < -0.4 is 0 Å². The van der Waals surface area contributed by atoms with E-state index in [2.05, 4.69) is 4.98 Å². The SMILES string of the molecule is Cc1cc2c(F)c(-c3ccccc3O)cc(F)c2[nH]1. The molecule has 0 unspecified atom stereocenters. The third-order valence-corrected chi connectivity index (χ3v) is 3.13. The maximum Gasteiger partial charge on any atom is 0.148 e. The summed E-state index contributed by atoms with van der Waals surface area (Å²) < 4.78 is 28.4. The summed E-state index contributed by atoms with van der Waals surface area (Å²) in [5, 5.41) is 9.95. The molecule has 19 heavy (non-hydrogen) atoms. The van der Waals surface area contributed by atoms with Crippen molar-refractivity contribution in [1.82, 2.24) is 4.98 Å². The lowest BCUT2D eigenvalue weighted by molar-refractivity contribution is 0.476. The Labute approximate surface area is 108 Å². The van der Waals surface area contributed by atoms with E-state index in [1.165, 1.54) is 6.07 Å². The lowest BCUT2D eigenvalue weighted by atomic mass is 10.0. The Bertz CT molecular complexity index is 777. The van der Waals surface area contributed by atoms with Crippen LogP contribution >= 0.6 is 0 Å². The molecule has 0 saturated carbocycles. The first-order valence-electron chi connectivity index (χ1n) is 5.83. The zero-order valence-electron chi connectivity index (χ0n) is 10.2. The number of aromatic hydroxyl groups is 1. The molecule has 2 nitrogen and oxygen atoms in total. The number of aromatic amines is 1. The van der Waals surface area contributed by atoms with Crippen molar-refractivity contribution in [1.29, 1.82) is 0 Å². The summed E-state index contributed by atoms with van der Waals surface area (Å²) in [6.45, 7) is 1.73. The van der Waals surface area contributed by atoms with Crippen molar-refractivity contribution in [2.24, 2.45) is 0 Å². The number of aryl methyl sites for hydroxylation is 1. The highest BCUT2D eigenvalue weighted by Crippen LogP contribution is 2.35. The van der Waals surface area contributed by atoms with Crippen LogP contribution in [0, 0.1) is 18.6 Å². The molecule has 0 amide bonds. The van der Waals surface area contributed by atoms with Gasteiger partial charge in [-0.15, -0.1) is 0 Å². The average Bonchev–Trinajstić information content (AvgIpc) is 2.78. The number of phenols is 1. The normalized spacial score (nSPS) is 11.1. The Hall–Kier alpha value is -2.36. The number of halogens is 2. The fourth-order valence-corrected chi connectivity index (χ4v) is 2.26. The lowest BCUT2D eigenvalue weighted by Gasteiger charge is -2.07. The Morgan fingerprint density at radius 2 is 1.79 bits per heavy atom. The van der Waals surface area contributed by atoms with Crippen LogP contribution in [-0.4, -0.2) is 10.1 Å². The fourth-order valence-electron chi connectivity index (χ4n) is 2.26. The second kappa shape index (κ2) is 4.09. The molecule has 0 fully saturated rings. The molecule has 0 atom stereocenters. The second-order valence-electron chi connectivity index (χ2n) is 4.48. The Morgan fingerprint density at radius 3 is 2.53 bits per heavy atom. The van der Waals surface area contributed by atoms with Gasteiger partial charge in [-0.3, -0.25) is 0 Å². The van der Waals surface area contributed by atoms with Crippen molar-refractivity contribution in [3.63, 3.8) is 0 Å². The zero-order valence-corrected chi connectivity index (χ0v) is 10.2. The zero-order chi connectivity index (χ0) is 13.6. The van der Waals surface area contributed by atoms with Crippen LogP contribution in [0.1, 0.15) is 5.69 Å². The molecule has 0 aliphatic heterocycles. The molecule has 1 heterocycles. The molecule has 96 valence electrons. The first-order chi connectivity index (χ1) is 9.08. The van der Waals surface area contributed by atoms with Gasteiger partial charge in [-0.05, 0) is 25.1 Å². The van der Waals surface area contributed by atoms with Crippen molar-refractivity contribution in [3.05, 3.63) is 53.7 Å². The highest BCUT2D eigenvalue weighted by molar-refractivity contribution is 5.88. The van der Waals surface area contributed by atoms with Gasteiger partial charge in [0.2, 0.25) is 0 Å². The first kappa shape index (κ1) is 11.7. The van der Waals surface area contributed by atoms with Crippen LogP contribution in [0.15, 0.2) is 36.4 Å². The largest absolute Gasteiger partial charge is 0.507 e. The van der Waals surface area contributed by atoms with Crippen molar-refractivity contribution >= 4 is 10.9 Å². The quantitative estimate of drug-likeness (QED) is 0.677. The Kier molecular flexibility index (Phi) is 2.52. The smallest absolute Gasteiger partial charge is 0.148 e. The standard InChI is InChI=1S/C15H11F2NO/c1-8-6-11-14(17)10(7-12(16)15(11)18-8)9-4-2-3-5-13(9)19/h2-7,18-19H,1H3. The van der Waals surface area contributed by atoms with Crippen molar-refractivity contribution in [2.75, 3.05) is 0 Å². The number of aromatic nitrogens is 1. The molecule has 0 saturated heterocycles. The van der Waals surface area contributed by atoms with E-state index in [-0.39, 0.29) is 27.8 Å². The van der Waals surface area contributed by atoms with Gasteiger partial charge >= 0.3 is 0 Å². The topological polar surface area (TPSA) is 36.0 Å². The molecular weight excluding hydrogens is 248 g/mol. The number of hydrogen-bond donors (Lipinski definition) is 2. The van der Waals surface area contributed by atoms with Gasteiger partial charge in [0.15, 0.2) is 0 Å². The first-order valence-corrected chi connectivity index (χ1v) is 5.83. The maximum absolute atomic E-state index is 14.4. The van der Waals surface area contributed by atoms with Crippen molar-refractivity contribution in [3.8, 4) is 16.9 Å². The number of benzene rings is 2. The highest BCUT2D eigenvalue weighted by atomic mass is 19.1. The van der Waals surface area contributed by atoms with Crippen molar-refractivity contribution in [2.45, 2.75) is 6.92 Å². The fraction of sp³-hybridized carbons (Fsp3) is 0.0667. The molecule has 3 rings (SSSR count). The van der Waals surface area contributed by atoms with Gasteiger partial charge in [0.1, 0.15) is 17.4 Å². The van der Waals surface area contributed by atoms with Gasteiger partial charge < -0.3 is 10.1 Å². The predicted octanol–water partition coefficient (Wildman–Crippen LogP) is 4.13. The number of phenolic OH excluding ortho intramolecular Hbond substituents is 1. The summed E-state index contributed by atoms with van der Waals surface area (Å²) in [5.74, 6) is -1.16. The van der Waals surface area contributed by atoms with Crippen LogP contribution in [0.3, 0.4) is 0 Å². The molecule has 1 aromatic heterocycles. The summed E-state index contributed by atoms with van der Waals surface area (Å²) in [6, 6.07) is 8.95. The molecule has 2 N–H and O–H groups in total. The molecule has 2 aromatic carbocycles. The number of rotatable bonds is 1. The number of hydrogen-bond acceptors (Lipinski definition) is 1. The highest BCUT2D eigenvalue weighted by Gasteiger charge is 2.17. The minimum absolute atomic E-state index is 0.0575. The number of H-pyrrole nitrogens is 1. The molecule has 3 aromatic rings. The third kappa shape index (κ3) is 1.76. The van der Waals surface area contributed by atoms with Crippen LogP contribution in [0.5, 0.6) is 5.75 Å². The van der Waals surface area contributed by atoms with E-state index in [0.717, 1.165) is 6.07 Å². The lowest BCUT2D eigenvalue weighted by Crippen LogP contribution is -1.90. The van der Waals surface area contributed by atoms with Crippen LogP contribution in [0.25, 0.3) is 22.0 Å². The van der Waals surface area contributed by atoms with Gasteiger partial charge in [0, 0.05) is 22.2 Å². The molecule has 0 radical (unpaired) electrons. The average molecular weight is 259 g/mol. The predicted molar refractivity (Wildman–Crippen MR) is 70.1 cm³/mol. The van der Waals surface area contributed by atoms with Crippen LogP contribution in [0.2, 0.25) is 0 Å². The number of fused-ring (bicyclic) bond motifs is 1. The number of para-hydroxylation sites is 1. The van der Waals surface area contributed by atoms with Crippen LogP contribution in [-0.2, 0) is 0 Å². The van der Waals surface area contributed by atoms with E-state index in [1.54, 1.807) is 31.2 Å². The molecule has 0 bridgehead atoms. The summed E-state index contributed by atoms with van der Waals surface area (Å²) in [6.07, 6.45) is 0. The minimum atomic E-state index is -0.540. The summed E-state index contributed by atoms with van der Waals surface area (Å²) in [4.78, 5) is 2.78. The number of nitrogens with one attached hydrogen (secondary N) is 1. The van der Waals surface area contributed by atoms with Gasteiger partial charge in [0.25, 0.3) is 0 Å². The third-order valence-electron chi connectivity index (χ3n) is 3.13. The molecule has 0 spiro atoms. The second-order valence-corrected chi connectivity index (χ2v) is 4.48. The molecule has 0 aliphatic carbocycles. The van der Waals surface area contributed by atoms with E-state index < -0.39 is 11.6 Å². The van der Waals surface area contributed by atoms with E-state index in [0.29, 0.717) is 5.69 Å². The van der Waals surface area contributed by atoms with Gasteiger partial charge in [-0.25, -0.2) is 8.78 Å². The summed E-state index contributed by atoms with van der Waals surface area (Å²) in [7, 11) is 0. The molecule has 0 aliphatic rings. The minimum Gasteiger partial charge on any atom is -0.507 e. The van der Waals surface area contributed by atoms with Crippen molar-refractivity contribution < 1.29 is 13.9 Å². The van der Waals surface area contributed by atoms with Gasteiger partial charge in [0.05, 0.1) is 5.52 Å². The summed E-state index contributed by atoms with van der Waals surface area (Å²) in [5.41, 5.74) is 1.16. The Balaban J connectivity index is 2.37. The Morgan fingerprint density at radius 1 is 1.05 bits per heavy atom. The van der Waals surface area contributed by atoms with Gasteiger partial charge in [-0.2, -0.15) is 0 Å². The van der Waals surface area contributed by atoms with E-state index in [1.807, 2.05) is 0 Å². The monoisotopic (exact) mass is 259 g/mol.